The van der Waals surface area contributed by atoms with Crippen molar-refractivity contribution in [2.45, 2.75) is 277 Å². The Bertz CT molecular complexity index is 863. The molecule has 9 heteroatoms. The largest absolute Gasteiger partial charge is 0.472 e. The first kappa shape index (κ1) is 57.5. The van der Waals surface area contributed by atoms with Crippen molar-refractivity contribution in [3.8, 4) is 0 Å². The number of hydrogen-bond donors (Lipinski definition) is 2. The number of nitrogens with two attached hydrogens (primary N) is 1. The van der Waals surface area contributed by atoms with E-state index in [2.05, 4.69) is 13.8 Å². The van der Waals surface area contributed by atoms with Gasteiger partial charge in [-0.05, 0) is 12.8 Å². The number of carbonyl (C=O) groups excluding carboxylic acids is 1. The quantitative estimate of drug-likeness (QED) is 0.0353. The number of carbonyl (C=O) groups is 1. The third-order valence-electron chi connectivity index (χ3n) is 11.5. The third kappa shape index (κ3) is 46.6. The van der Waals surface area contributed by atoms with E-state index in [1.165, 1.54) is 218 Å². The van der Waals surface area contributed by atoms with Gasteiger partial charge in [-0.3, -0.25) is 13.8 Å². The minimum atomic E-state index is -4.27. The van der Waals surface area contributed by atoms with Crippen LogP contribution in [-0.2, 0) is 27.9 Å². The van der Waals surface area contributed by atoms with Crippen LogP contribution >= 0.6 is 7.82 Å². The molecule has 0 fully saturated rings. The minimum Gasteiger partial charge on any atom is -0.457 e. The number of esters is 1. The van der Waals surface area contributed by atoms with Gasteiger partial charge in [0.15, 0.2) is 0 Å². The van der Waals surface area contributed by atoms with Gasteiger partial charge >= 0.3 is 13.8 Å². The van der Waals surface area contributed by atoms with Crippen LogP contribution in [0.5, 0.6) is 0 Å². The molecule has 0 aromatic carbocycles. The highest BCUT2D eigenvalue weighted by Crippen LogP contribution is 2.43. The predicted molar refractivity (Wildman–Crippen MR) is 248 cm³/mol. The van der Waals surface area contributed by atoms with Gasteiger partial charge in [-0.15, -0.1) is 0 Å². The number of rotatable bonds is 50. The van der Waals surface area contributed by atoms with Gasteiger partial charge < -0.3 is 20.1 Å². The molecule has 0 saturated carbocycles. The molecule has 3 N–H and O–H groups in total. The Morgan fingerprint density at radius 3 is 1.09 bits per heavy atom. The molecule has 0 aliphatic heterocycles. The maximum absolute atomic E-state index is 12.6. The molecule has 0 aromatic rings. The summed E-state index contributed by atoms with van der Waals surface area (Å²) in [6.07, 6.45) is 51.5. The van der Waals surface area contributed by atoms with Crippen LogP contribution in [0.1, 0.15) is 271 Å². The smallest absolute Gasteiger partial charge is 0.457 e. The molecule has 0 rings (SSSR count). The van der Waals surface area contributed by atoms with Crippen molar-refractivity contribution in [2.75, 3.05) is 33.0 Å². The Balaban J connectivity index is 3.79. The summed E-state index contributed by atoms with van der Waals surface area (Å²) >= 11 is 0. The van der Waals surface area contributed by atoms with Crippen LogP contribution in [0.2, 0.25) is 0 Å². The molecule has 0 heterocycles. The monoisotopic (exact) mass is 846 g/mol. The third-order valence-corrected chi connectivity index (χ3v) is 12.5. The van der Waals surface area contributed by atoms with Crippen molar-refractivity contribution >= 4 is 13.8 Å². The first-order chi connectivity index (χ1) is 28.4. The lowest BCUT2D eigenvalue weighted by Crippen LogP contribution is -2.28. The zero-order valence-corrected chi connectivity index (χ0v) is 39.7. The van der Waals surface area contributed by atoms with E-state index < -0.39 is 13.9 Å². The maximum atomic E-state index is 12.6. The Kier molecular flexibility index (Phi) is 47.1. The van der Waals surface area contributed by atoms with E-state index in [4.69, 9.17) is 24.3 Å². The van der Waals surface area contributed by atoms with Gasteiger partial charge in [0.2, 0.25) is 0 Å². The van der Waals surface area contributed by atoms with Crippen LogP contribution in [0.4, 0.5) is 0 Å². The highest BCUT2D eigenvalue weighted by molar-refractivity contribution is 7.47. The fourth-order valence-electron chi connectivity index (χ4n) is 7.77. The molecule has 0 bridgehead atoms. The van der Waals surface area contributed by atoms with Crippen molar-refractivity contribution in [1.29, 1.82) is 0 Å². The van der Waals surface area contributed by atoms with Crippen molar-refractivity contribution in [1.82, 2.24) is 0 Å². The molecule has 348 valence electrons. The minimum absolute atomic E-state index is 0.0899. The molecule has 0 aliphatic carbocycles. The molecule has 8 nitrogen and oxygen atoms in total. The summed E-state index contributed by atoms with van der Waals surface area (Å²) in [5, 5.41) is 0. The molecular formula is C49H100NO7P. The lowest BCUT2D eigenvalue weighted by atomic mass is 10.0. The fourth-order valence-corrected chi connectivity index (χ4v) is 8.53. The normalized spacial score (nSPS) is 13.2. The maximum Gasteiger partial charge on any atom is 0.472 e. The van der Waals surface area contributed by atoms with E-state index in [-0.39, 0.29) is 32.3 Å². The summed E-state index contributed by atoms with van der Waals surface area (Å²) in [5.74, 6) is -0.323. The number of phosphoric acid groups is 1. The van der Waals surface area contributed by atoms with E-state index in [0.717, 1.165) is 32.1 Å². The summed E-state index contributed by atoms with van der Waals surface area (Å²) in [5.41, 5.74) is 5.38. The number of phosphoric ester groups is 1. The summed E-state index contributed by atoms with van der Waals surface area (Å²) in [7, 11) is -4.27. The van der Waals surface area contributed by atoms with Gasteiger partial charge in [-0.25, -0.2) is 4.57 Å². The highest BCUT2D eigenvalue weighted by Gasteiger charge is 2.25. The number of ether oxygens (including phenoxy) is 2. The molecule has 0 aromatic heterocycles. The van der Waals surface area contributed by atoms with Crippen LogP contribution in [0.15, 0.2) is 0 Å². The standard InChI is InChI=1S/C49H100NO7P/c1-3-5-7-9-11-13-15-17-18-19-20-21-22-23-24-25-26-27-28-29-31-33-35-37-39-41-44-54-46-48(47-56-58(52,53)55-45-43-50)57-49(51)42-40-38-36-34-32-30-16-14-12-10-8-6-4-2/h48H,3-47,50H2,1-2H3,(H,52,53). The summed E-state index contributed by atoms with van der Waals surface area (Å²) < 4.78 is 33.5. The SMILES string of the molecule is CCCCCCCCCCCCCCCCCCCCCCCCCCCCOCC(COP(=O)(O)OCCN)OC(=O)CCCCCCCCCCCCCCC. The van der Waals surface area contributed by atoms with Gasteiger partial charge in [-0.2, -0.15) is 0 Å². The Morgan fingerprint density at radius 2 is 0.759 bits per heavy atom. The first-order valence-corrected chi connectivity index (χ1v) is 27.0. The van der Waals surface area contributed by atoms with E-state index in [1.807, 2.05) is 0 Å². The lowest BCUT2D eigenvalue weighted by Gasteiger charge is -2.20. The molecule has 2 unspecified atom stereocenters. The van der Waals surface area contributed by atoms with Gasteiger partial charge in [-0.1, -0.05) is 251 Å². The van der Waals surface area contributed by atoms with Crippen molar-refractivity contribution in [3.63, 3.8) is 0 Å². The summed E-state index contributed by atoms with van der Waals surface area (Å²) in [4.78, 5) is 22.5. The van der Waals surface area contributed by atoms with Gasteiger partial charge in [0, 0.05) is 19.6 Å². The number of hydrogen-bond acceptors (Lipinski definition) is 7. The molecule has 0 spiro atoms. The average Bonchev–Trinajstić information content (AvgIpc) is 3.21. The molecule has 0 saturated heterocycles. The molecule has 58 heavy (non-hydrogen) atoms. The molecule has 0 amide bonds. The zero-order chi connectivity index (χ0) is 42.3. The van der Waals surface area contributed by atoms with Crippen LogP contribution in [0, 0.1) is 0 Å². The van der Waals surface area contributed by atoms with Gasteiger partial charge in [0.05, 0.1) is 19.8 Å². The van der Waals surface area contributed by atoms with Crippen LogP contribution in [0.3, 0.4) is 0 Å². The van der Waals surface area contributed by atoms with Crippen molar-refractivity contribution < 1.29 is 32.8 Å². The Morgan fingerprint density at radius 1 is 0.448 bits per heavy atom. The van der Waals surface area contributed by atoms with Crippen molar-refractivity contribution in [3.05, 3.63) is 0 Å². The second-order valence-electron chi connectivity index (χ2n) is 17.4. The van der Waals surface area contributed by atoms with E-state index >= 15 is 0 Å². The molecular weight excluding hydrogens is 746 g/mol. The van der Waals surface area contributed by atoms with Gasteiger partial charge in [0.1, 0.15) is 6.10 Å². The molecule has 2 atom stereocenters. The predicted octanol–water partition coefficient (Wildman–Crippen LogP) is 15.7. The van der Waals surface area contributed by atoms with Crippen LogP contribution < -0.4 is 5.73 Å². The summed E-state index contributed by atoms with van der Waals surface area (Å²) in [6.45, 7) is 5.00. The highest BCUT2D eigenvalue weighted by atomic mass is 31.2. The van der Waals surface area contributed by atoms with E-state index in [9.17, 15) is 14.3 Å². The van der Waals surface area contributed by atoms with Crippen molar-refractivity contribution in [2.24, 2.45) is 5.73 Å². The molecule has 0 radical (unpaired) electrons. The Hall–Kier alpha value is -0.500. The first-order valence-electron chi connectivity index (χ1n) is 25.5. The fraction of sp³-hybridized carbons (Fsp3) is 0.980. The van der Waals surface area contributed by atoms with Crippen LogP contribution in [-0.4, -0.2) is 49.9 Å². The lowest BCUT2D eigenvalue weighted by molar-refractivity contribution is -0.154. The average molecular weight is 846 g/mol. The van der Waals surface area contributed by atoms with Gasteiger partial charge in [0.25, 0.3) is 0 Å². The zero-order valence-electron chi connectivity index (χ0n) is 38.8. The second-order valence-corrected chi connectivity index (χ2v) is 18.9. The summed E-state index contributed by atoms with van der Waals surface area (Å²) in [6, 6.07) is 0. The second kappa shape index (κ2) is 47.5. The Labute approximate surface area is 361 Å². The molecule has 0 aliphatic rings. The van der Waals surface area contributed by atoms with Crippen LogP contribution in [0.25, 0.3) is 0 Å². The van der Waals surface area contributed by atoms with E-state index in [1.54, 1.807) is 0 Å². The number of unbranched alkanes of at least 4 members (excludes halogenated alkanes) is 37. The topological polar surface area (TPSA) is 117 Å². The van der Waals surface area contributed by atoms with E-state index in [0.29, 0.717) is 13.0 Å².